The van der Waals surface area contributed by atoms with E-state index >= 15 is 0 Å². The smallest absolute Gasteiger partial charge is 0.414 e. The Morgan fingerprint density at radius 1 is 0.912 bits per heavy atom. The van der Waals surface area contributed by atoms with Crippen molar-refractivity contribution in [1.29, 1.82) is 0 Å². The van der Waals surface area contributed by atoms with Gasteiger partial charge in [0.2, 0.25) is 5.95 Å². The van der Waals surface area contributed by atoms with Crippen LogP contribution in [0.5, 0.6) is 0 Å². The van der Waals surface area contributed by atoms with E-state index in [9.17, 15) is 9.59 Å². The number of rotatable bonds is 7. The first-order valence-corrected chi connectivity index (χ1v) is 16.4. The zero-order valence-electron chi connectivity index (χ0n) is 17.5. The number of amides is 1. The first-order chi connectivity index (χ1) is 16.6. The quantitative estimate of drug-likeness (QED) is 0.148. The molecule has 0 saturated heterocycles. The van der Waals surface area contributed by atoms with Gasteiger partial charge in [0.05, 0.1) is 6.33 Å². The third kappa shape index (κ3) is 7.50. The summed E-state index contributed by atoms with van der Waals surface area (Å²) in [6, 6.07) is 18.6. The number of ether oxygens (including phenoxy) is 2. The predicted molar refractivity (Wildman–Crippen MR) is 145 cm³/mol. The van der Waals surface area contributed by atoms with Crippen LogP contribution in [0.2, 0.25) is 5.15 Å². The number of halogens is 3. The number of fused-ring (bicyclic) bond motifs is 1. The molecule has 12 heteroatoms. The lowest BCUT2D eigenvalue weighted by Crippen LogP contribution is -2.17. The molecule has 4 aromatic rings. The number of anilines is 1. The van der Waals surface area contributed by atoms with Crippen LogP contribution in [-0.2, 0) is 34.0 Å². The number of nitrogens with one attached hydrogen (secondary N) is 1. The molecule has 0 spiro atoms. The van der Waals surface area contributed by atoms with E-state index in [1.165, 1.54) is 10.9 Å². The fraction of sp³-hybridized carbons (Fsp3) is 0.136. The second-order valence-corrected chi connectivity index (χ2v) is 7.07. The fourth-order valence-corrected chi connectivity index (χ4v) is 3.07. The maximum atomic E-state index is 12.3. The van der Waals surface area contributed by atoms with Crippen molar-refractivity contribution in [3.63, 3.8) is 0 Å². The molecule has 4 rings (SSSR count). The molecule has 1 amide bonds. The maximum absolute atomic E-state index is 12.3. The highest BCUT2D eigenvalue weighted by Crippen LogP contribution is 2.21. The van der Waals surface area contributed by atoms with E-state index in [4.69, 9.17) is 21.1 Å². The third-order valence-corrected chi connectivity index (χ3v) is 4.65. The zero-order valence-corrected chi connectivity index (χ0v) is 22.6. The molecule has 0 aliphatic heterocycles. The second kappa shape index (κ2) is 13.4. The van der Waals surface area contributed by atoms with Crippen molar-refractivity contribution >= 4 is 78.0 Å². The monoisotopic (exact) mass is 705 g/mol. The van der Waals surface area contributed by atoms with Crippen LogP contribution in [0, 0.1) is 0 Å². The molecule has 2 aromatic carbocycles. The number of benzene rings is 2. The van der Waals surface area contributed by atoms with E-state index in [2.05, 4.69) is 57.5 Å². The minimum absolute atomic E-state index is 0.0322. The minimum atomic E-state index is -0.738. The highest BCUT2D eigenvalue weighted by atomic mass is 128. The van der Waals surface area contributed by atoms with Gasteiger partial charge in [-0.2, -0.15) is 9.97 Å². The standard InChI is InChI=1S/C22H18ClN5O4.I2/c23-19-18-20(26-21(25-19)27-22(30)32-13-16-9-5-2-6-10-16)28(14-24-18)11-17(29)31-12-15-7-3-1-4-8-15;1-2/h1-10,14H,11-13H2,(H,25,26,27,30);. The van der Waals surface area contributed by atoms with Gasteiger partial charge in [-0.05, 0) is 11.1 Å². The summed E-state index contributed by atoms with van der Waals surface area (Å²) in [6.45, 7) is 0.116. The van der Waals surface area contributed by atoms with Crippen molar-refractivity contribution in [2.45, 2.75) is 19.8 Å². The molecule has 0 aliphatic rings. The largest absolute Gasteiger partial charge is 0.459 e. The fourth-order valence-electron chi connectivity index (χ4n) is 2.85. The third-order valence-electron chi connectivity index (χ3n) is 4.39. The summed E-state index contributed by atoms with van der Waals surface area (Å²) in [5, 5.41) is 2.47. The summed E-state index contributed by atoms with van der Waals surface area (Å²) in [4.78, 5) is 36.8. The molecule has 2 heterocycles. The molecule has 0 fully saturated rings. The summed E-state index contributed by atoms with van der Waals surface area (Å²) in [5.41, 5.74) is 2.29. The maximum Gasteiger partial charge on any atom is 0.414 e. The van der Waals surface area contributed by atoms with Gasteiger partial charge in [0, 0.05) is 37.2 Å². The number of nitrogens with zero attached hydrogens (tertiary/aromatic N) is 4. The lowest BCUT2D eigenvalue weighted by Gasteiger charge is -2.08. The average molecular weight is 706 g/mol. The number of hydrogen-bond acceptors (Lipinski definition) is 7. The molecule has 0 atom stereocenters. The van der Waals surface area contributed by atoms with Crippen LogP contribution in [0.4, 0.5) is 10.7 Å². The van der Waals surface area contributed by atoms with Crippen LogP contribution in [-0.4, -0.2) is 31.6 Å². The average Bonchev–Trinajstić information content (AvgIpc) is 3.27. The molecule has 0 aliphatic carbocycles. The summed E-state index contributed by atoms with van der Waals surface area (Å²) < 4.78 is 11.9. The first-order valence-electron chi connectivity index (χ1n) is 9.78. The van der Waals surface area contributed by atoms with E-state index in [1.807, 2.05) is 60.7 Å². The Morgan fingerprint density at radius 3 is 2.12 bits per heavy atom. The van der Waals surface area contributed by atoms with Crippen LogP contribution >= 0.6 is 48.8 Å². The number of esters is 1. The van der Waals surface area contributed by atoms with Crippen LogP contribution in [0.15, 0.2) is 67.0 Å². The molecule has 1 N–H and O–H groups in total. The van der Waals surface area contributed by atoms with Gasteiger partial charge in [-0.25, -0.2) is 9.78 Å². The second-order valence-electron chi connectivity index (χ2n) is 6.72. The number of carbonyl (C=O) groups excluding carboxylic acids is 2. The minimum Gasteiger partial charge on any atom is -0.459 e. The molecular weight excluding hydrogens is 688 g/mol. The van der Waals surface area contributed by atoms with Crippen molar-refractivity contribution in [3.05, 3.63) is 83.3 Å². The predicted octanol–water partition coefficient (Wildman–Crippen LogP) is 5.74. The Labute approximate surface area is 223 Å². The van der Waals surface area contributed by atoms with Gasteiger partial charge in [0.25, 0.3) is 0 Å². The Balaban J connectivity index is 0.00000158. The van der Waals surface area contributed by atoms with Crippen molar-refractivity contribution < 1.29 is 19.1 Å². The number of aromatic nitrogens is 4. The molecule has 2 aromatic heterocycles. The Hall–Kier alpha value is -2.52. The highest BCUT2D eigenvalue weighted by molar-refractivity contribution is 15.0. The van der Waals surface area contributed by atoms with E-state index in [0.717, 1.165) is 11.1 Å². The Morgan fingerprint density at radius 2 is 1.50 bits per heavy atom. The Bertz CT molecular complexity index is 1240. The van der Waals surface area contributed by atoms with Crippen LogP contribution < -0.4 is 5.32 Å². The molecule has 9 nitrogen and oxygen atoms in total. The molecule has 0 bridgehead atoms. The van der Waals surface area contributed by atoms with E-state index < -0.39 is 12.1 Å². The van der Waals surface area contributed by atoms with Gasteiger partial charge in [-0.15, -0.1) is 0 Å². The van der Waals surface area contributed by atoms with E-state index in [-0.39, 0.29) is 36.5 Å². The summed E-state index contributed by atoms with van der Waals surface area (Å²) >= 11 is 10.4. The van der Waals surface area contributed by atoms with Gasteiger partial charge in [0.15, 0.2) is 10.8 Å². The molecule has 0 radical (unpaired) electrons. The van der Waals surface area contributed by atoms with Crippen LogP contribution in [0.3, 0.4) is 0 Å². The molecule has 0 unspecified atom stereocenters. The first kappa shape index (κ1) is 26.1. The van der Waals surface area contributed by atoms with Crippen molar-refractivity contribution in [2.24, 2.45) is 0 Å². The van der Waals surface area contributed by atoms with Crippen molar-refractivity contribution in [2.75, 3.05) is 5.32 Å². The lowest BCUT2D eigenvalue weighted by atomic mass is 10.2. The van der Waals surface area contributed by atoms with Gasteiger partial charge < -0.3 is 14.0 Å². The summed E-state index contributed by atoms with van der Waals surface area (Å²) in [5.74, 6) is -0.542. The van der Waals surface area contributed by atoms with Crippen LogP contribution in [0.25, 0.3) is 11.2 Å². The Kier molecular flexibility index (Phi) is 10.3. The molecule has 34 heavy (non-hydrogen) atoms. The SMILES string of the molecule is II.O=C(Cn1cnc2c(Cl)nc(NC(=O)OCc3ccccc3)nc21)OCc1ccccc1. The summed E-state index contributed by atoms with van der Waals surface area (Å²) in [6.07, 6.45) is 0.671. The normalized spacial score (nSPS) is 10.2. The van der Waals surface area contributed by atoms with E-state index in [0.29, 0.717) is 5.52 Å². The zero-order chi connectivity index (χ0) is 24.3. The van der Waals surface area contributed by atoms with Gasteiger partial charge in [-0.1, -0.05) is 72.3 Å². The molecular formula is C22H18ClI2N5O4. The topological polar surface area (TPSA) is 108 Å². The lowest BCUT2D eigenvalue weighted by molar-refractivity contribution is -0.145. The summed E-state index contributed by atoms with van der Waals surface area (Å²) in [7, 11) is 0. The van der Waals surface area contributed by atoms with Crippen LogP contribution in [0.1, 0.15) is 11.1 Å². The number of imidazole rings is 1. The van der Waals surface area contributed by atoms with Gasteiger partial charge in [0.1, 0.15) is 25.3 Å². The van der Waals surface area contributed by atoms with Crippen molar-refractivity contribution in [1.82, 2.24) is 19.5 Å². The van der Waals surface area contributed by atoms with Gasteiger partial charge in [-0.3, -0.25) is 10.1 Å². The highest BCUT2D eigenvalue weighted by Gasteiger charge is 2.16. The molecule has 0 saturated carbocycles. The number of carbonyl (C=O) groups is 2. The van der Waals surface area contributed by atoms with Gasteiger partial charge >= 0.3 is 12.1 Å². The van der Waals surface area contributed by atoms with E-state index in [1.54, 1.807) is 0 Å². The van der Waals surface area contributed by atoms with Crippen molar-refractivity contribution in [3.8, 4) is 0 Å². The number of hydrogen-bond donors (Lipinski definition) is 1. The molecule has 176 valence electrons.